The summed E-state index contributed by atoms with van der Waals surface area (Å²) in [5.41, 5.74) is 0. The molecule has 1 aromatic rings. The highest BCUT2D eigenvalue weighted by molar-refractivity contribution is 5.86. The standard InChI is InChI=1S/C16H26N4O4/c1-17-16(18-6-3-8-24-14-5-9-22-12-14)20-11-15(21)19-10-13-4-2-7-23-13/h2,4,7,14H,3,5-6,8-12H2,1H3,(H,19,21)(H2,17,18,20). The van der Waals surface area contributed by atoms with Crippen LogP contribution in [0, 0.1) is 0 Å². The lowest BCUT2D eigenvalue weighted by atomic mass is 10.3. The lowest BCUT2D eigenvalue weighted by Gasteiger charge is -2.13. The van der Waals surface area contributed by atoms with Crippen LogP contribution in [0.5, 0.6) is 0 Å². The Kier molecular flexibility index (Phi) is 8.12. The average Bonchev–Trinajstić information content (AvgIpc) is 3.29. The van der Waals surface area contributed by atoms with E-state index >= 15 is 0 Å². The van der Waals surface area contributed by atoms with Crippen LogP contribution in [0.3, 0.4) is 0 Å². The minimum Gasteiger partial charge on any atom is -0.467 e. The number of ether oxygens (including phenoxy) is 2. The predicted molar refractivity (Wildman–Crippen MR) is 89.7 cm³/mol. The number of amides is 1. The first-order valence-electron chi connectivity index (χ1n) is 8.21. The van der Waals surface area contributed by atoms with Gasteiger partial charge in [0.25, 0.3) is 0 Å². The van der Waals surface area contributed by atoms with Gasteiger partial charge in [-0.05, 0) is 25.0 Å². The molecule has 1 saturated heterocycles. The van der Waals surface area contributed by atoms with Crippen molar-refractivity contribution in [1.29, 1.82) is 0 Å². The van der Waals surface area contributed by atoms with E-state index < -0.39 is 0 Å². The number of carbonyl (C=O) groups excluding carboxylic acids is 1. The third-order valence-corrected chi connectivity index (χ3v) is 3.53. The molecule has 1 aliphatic rings. The number of aliphatic imine (C=N–C) groups is 1. The molecule has 3 N–H and O–H groups in total. The Bertz CT molecular complexity index is 498. The molecule has 0 bridgehead atoms. The van der Waals surface area contributed by atoms with Crippen molar-refractivity contribution in [3.05, 3.63) is 24.2 Å². The Hall–Kier alpha value is -2.06. The molecule has 0 aromatic carbocycles. The van der Waals surface area contributed by atoms with E-state index in [2.05, 4.69) is 20.9 Å². The van der Waals surface area contributed by atoms with E-state index in [9.17, 15) is 4.79 Å². The molecule has 1 unspecified atom stereocenters. The summed E-state index contributed by atoms with van der Waals surface area (Å²) >= 11 is 0. The second-order valence-corrected chi connectivity index (χ2v) is 5.42. The van der Waals surface area contributed by atoms with Crippen LogP contribution < -0.4 is 16.0 Å². The molecule has 134 valence electrons. The number of nitrogens with one attached hydrogen (secondary N) is 3. The van der Waals surface area contributed by atoms with Crippen molar-refractivity contribution >= 4 is 11.9 Å². The monoisotopic (exact) mass is 338 g/mol. The fourth-order valence-corrected chi connectivity index (χ4v) is 2.22. The van der Waals surface area contributed by atoms with Crippen LogP contribution in [0.15, 0.2) is 27.8 Å². The molecule has 24 heavy (non-hydrogen) atoms. The average molecular weight is 338 g/mol. The molecule has 1 fully saturated rings. The van der Waals surface area contributed by atoms with Gasteiger partial charge in [-0.1, -0.05) is 0 Å². The molecule has 0 aliphatic carbocycles. The van der Waals surface area contributed by atoms with Crippen molar-refractivity contribution in [1.82, 2.24) is 16.0 Å². The third kappa shape index (κ3) is 7.01. The van der Waals surface area contributed by atoms with Gasteiger partial charge in [0.15, 0.2) is 5.96 Å². The van der Waals surface area contributed by atoms with E-state index in [0.717, 1.165) is 31.8 Å². The SMILES string of the molecule is CN=C(NCCCOC1CCOC1)NCC(=O)NCc1ccco1. The lowest BCUT2D eigenvalue weighted by molar-refractivity contribution is -0.120. The van der Waals surface area contributed by atoms with Gasteiger partial charge in [0.05, 0.1) is 32.1 Å². The van der Waals surface area contributed by atoms with Crippen LogP contribution in [0.4, 0.5) is 0 Å². The zero-order chi connectivity index (χ0) is 17.0. The van der Waals surface area contributed by atoms with E-state index in [1.54, 1.807) is 19.4 Å². The van der Waals surface area contributed by atoms with E-state index in [4.69, 9.17) is 13.9 Å². The molecule has 1 atom stereocenters. The van der Waals surface area contributed by atoms with E-state index in [1.807, 2.05) is 6.07 Å². The van der Waals surface area contributed by atoms with Crippen molar-refractivity contribution in [3.63, 3.8) is 0 Å². The third-order valence-electron chi connectivity index (χ3n) is 3.53. The summed E-state index contributed by atoms with van der Waals surface area (Å²) in [6, 6.07) is 3.60. The topological polar surface area (TPSA) is 97.1 Å². The van der Waals surface area contributed by atoms with E-state index in [1.165, 1.54) is 0 Å². The largest absolute Gasteiger partial charge is 0.467 e. The zero-order valence-corrected chi connectivity index (χ0v) is 14.0. The summed E-state index contributed by atoms with van der Waals surface area (Å²) in [7, 11) is 1.67. The molecule has 1 amide bonds. The maximum absolute atomic E-state index is 11.8. The number of hydrogen-bond donors (Lipinski definition) is 3. The molecular weight excluding hydrogens is 312 g/mol. The molecule has 2 rings (SSSR count). The van der Waals surface area contributed by atoms with Gasteiger partial charge in [0.2, 0.25) is 5.91 Å². The van der Waals surface area contributed by atoms with Crippen LogP contribution in [0.25, 0.3) is 0 Å². The number of hydrogen-bond acceptors (Lipinski definition) is 5. The van der Waals surface area contributed by atoms with Gasteiger partial charge in [-0.15, -0.1) is 0 Å². The van der Waals surface area contributed by atoms with Gasteiger partial charge in [-0.3, -0.25) is 9.79 Å². The van der Waals surface area contributed by atoms with Crippen molar-refractivity contribution in [2.24, 2.45) is 4.99 Å². The van der Waals surface area contributed by atoms with Gasteiger partial charge in [-0.25, -0.2) is 0 Å². The highest BCUT2D eigenvalue weighted by Crippen LogP contribution is 2.07. The number of carbonyl (C=O) groups is 1. The Labute approximate surface area is 142 Å². The Morgan fingerprint density at radius 2 is 2.33 bits per heavy atom. The number of guanidine groups is 1. The molecule has 8 heteroatoms. The molecular formula is C16H26N4O4. The highest BCUT2D eigenvalue weighted by Gasteiger charge is 2.15. The predicted octanol–water partition coefficient (Wildman–Crippen LogP) is 0.256. The quantitative estimate of drug-likeness (QED) is 0.339. The normalized spacial score (nSPS) is 17.7. The van der Waals surface area contributed by atoms with Gasteiger partial charge in [-0.2, -0.15) is 0 Å². The smallest absolute Gasteiger partial charge is 0.239 e. The van der Waals surface area contributed by atoms with Crippen LogP contribution in [-0.2, 0) is 20.8 Å². The Morgan fingerprint density at radius 3 is 3.04 bits per heavy atom. The summed E-state index contributed by atoms with van der Waals surface area (Å²) in [5, 5.41) is 8.88. The number of furan rings is 1. The number of rotatable bonds is 9. The minimum atomic E-state index is -0.126. The van der Waals surface area contributed by atoms with Crippen molar-refractivity contribution in [3.8, 4) is 0 Å². The minimum absolute atomic E-state index is 0.126. The summed E-state index contributed by atoms with van der Waals surface area (Å²) < 4.78 is 16.1. The first-order valence-corrected chi connectivity index (χ1v) is 8.21. The van der Waals surface area contributed by atoms with Crippen LogP contribution in [0.2, 0.25) is 0 Å². The summed E-state index contributed by atoms with van der Waals surface area (Å²) in [4.78, 5) is 15.8. The van der Waals surface area contributed by atoms with Gasteiger partial charge < -0.3 is 29.8 Å². The van der Waals surface area contributed by atoms with E-state index in [0.29, 0.717) is 25.7 Å². The molecule has 0 saturated carbocycles. The first-order chi connectivity index (χ1) is 11.8. The van der Waals surface area contributed by atoms with Crippen LogP contribution >= 0.6 is 0 Å². The molecule has 2 heterocycles. The maximum atomic E-state index is 11.8. The molecule has 1 aromatic heterocycles. The highest BCUT2D eigenvalue weighted by atomic mass is 16.5. The van der Waals surface area contributed by atoms with Gasteiger partial charge in [0, 0.05) is 26.8 Å². The second kappa shape index (κ2) is 10.7. The zero-order valence-electron chi connectivity index (χ0n) is 14.0. The molecule has 0 radical (unpaired) electrons. The molecule has 8 nitrogen and oxygen atoms in total. The summed E-state index contributed by atoms with van der Waals surface area (Å²) in [6.45, 7) is 3.42. The number of nitrogens with zero attached hydrogens (tertiary/aromatic N) is 1. The van der Waals surface area contributed by atoms with Gasteiger partial charge in [0.1, 0.15) is 5.76 Å². The summed E-state index contributed by atoms with van der Waals surface area (Å²) in [6.07, 6.45) is 3.65. The molecule has 0 spiro atoms. The second-order valence-electron chi connectivity index (χ2n) is 5.42. The lowest BCUT2D eigenvalue weighted by Crippen LogP contribution is -2.43. The van der Waals surface area contributed by atoms with Crippen molar-refractivity contribution in [2.75, 3.05) is 40.0 Å². The Morgan fingerprint density at radius 1 is 1.42 bits per heavy atom. The Balaban J connectivity index is 1.50. The fourth-order valence-electron chi connectivity index (χ4n) is 2.22. The van der Waals surface area contributed by atoms with Crippen molar-refractivity contribution < 1.29 is 18.7 Å². The van der Waals surface area contributed by atoms with Crippen LogP contribution in [-0.4, -0.2) is 57.9 Å². The van der Waals surface area contributed by atoms with Gasteiger partial charge >= 0.3 is 0 Å². The van der Waals surface area contributed by atoms with Crippen LogP contribution in [0.1, 0.15) is 18.6 Å². The van der Waals surface area contributed by atoms with E-state index in [-0.39, 0.29) is 18.6 Å². The fraction of sp³-hybridized carbons (Fsp3) is 0.625. The maximum Gasteiger partial charge on any atom is 0.239 e. The molecule has 1 aliphatic heterocycles. The summed E-state index contributed by atoms with van der Waals surface area (Å²) in [5.74, 6) is 1.18. The van der Waals surface area contributed by atoms with Crippen molar-refractivity contribution in [2.45, 2.75) is 25.5 Å². The first kappa shape index (κ1) is 18.3.